The van der Waals surface area contributed by atoms with Crippen LogP contribution in [0.1, 0.15) is 30.2 Å². The number of halogens is 2. The Morgan fingerprint density at radius 2 is 2.20 bits per heavy atom. The SMILES string of the molecule is CCn1ncc(Cn2cc(NC(=O)C3CC(c4c(F)cccc4Cl)=NO3)cn2)c1C. The summed E-state index contributed by atoms with van der Waals surface area (Å²) in [5.74, 6) is -0.899. The van der Waals surface area contributed by atoms with Crippen molar-refractivity contribution in [3.8, 4) is 0 Å². The lowest BCUT2D eigenvalue weighted by Gasteiger charge is -2.08. The van der Waals surface area contributed by atoms with Crippen LogP contribution in [0, 0.1) is 12.7 Å². The standard InChI is InChI=1S/C20H20ClFN6O2/c1-3-28-12(2)13(8-24-28)10-27-11-14(9-23-27)25-20(29)18-7-17(26-30-18)19-15(21)5-4-6-16(19)22/h4-6,8-9,11,18H,3,7,10H2,1-2H3,(H,25,29). The molecule has 1 aliphatic rings. The number of aromatic nitrogens is 4. The van der Waals surface area contributed by atoms with E-state index in [1.165, 1.54) is 12.1 Å². The highest BCUT2D eigenvalue weighted by molar-refractivity contribution is 6.34. The normalized spacial score (nSPS) is 15.7. The molecule has 0 saturated carbocycles. The maximum Gasteiger partial charge on any atom is 0.268 e. The molecule has 0 aliphatic carbocycles. The lowest BCUT2D eigenvalue weighted by atomic mass is 10.0. The Balaban J connectivity index is 1.38. The minimum atomic E-state index is -0.871. The number of hydrogen-bond acceptors (Lipinski definition) is 5. The largest absolute Gasteiger partial charge is 0.382 e. The molecule has 3 aromatic rings. The zero-order valence-corrected chi connectivity index (χ0v) is 17.2. The van der Waals surface area contributed by atoms with Crippen molar-refractivity contribution in [2.75, 3.05) is 5.32 Å². The molecule has 0 radical (unpaired) electrons. The van der Waals surface area contributed by atoms with E-state index < -0.39 is 17.8 Å². The van der Waals surface area contributed by atoms with Gasteiger partial charge >= 0.3 is 0 Å². The van der Waals surface area contributed by atoms with Gasteiger partial charge in [0.25, 0.3) is 5.91 Å². The summed E-state index contributed by atoms with van der Waals surface area (Å²) in [5.41, 5.74) is 3.12. The highest BCUT2D eigenvalue weighted by Gasteiger charge is 2.31. The summed E-state index contributed by atoms with van der Waals surface area (Å²) in [7, 11) is 0. The van der Waals surface area contributed by atoms with Crippen molar-refractivity contribution >= 4 is 28.9 Å². The van der Waals surface area contributed by atoms with Crippen LogP contribution in [0.2, 0.25) is 5.02 Å². The Kier molecular flexibility index (Phi) is 5.54. The van der Waals surface area contributed by atoms with Gasteiger partial charge in [-0.15, -0.1) is 0 Å². The third-order valence-electron chi connectivity index (χ3n) is 4.95. The molecule has 156 valence electrons. The summed E-state index contributed by atoms with van der Waals surface area (Å²) < 4.78 is 17.7. The molecule has 2 aromatic heterocycles. The molecular weight excluding hydrogens is 411 g/mol. The Morgan fingerprint density at radius 3 is 2.93 bits per heavy atom. The molecule has 4 rings (SSSR count). The van der Waals surface area contributed by atoms with Crippen molar-refractivity contribution in [2.45, 2.75) is 39.5 Å². The molecule has 1 N–H and O–H groups in total. The zero-order valence-electron chi connectivity index (χ0n) is 16.5. The van der Waals surface area contributed by atoms with E-state index in [-0.39, 0.29) is 17.0 Å². The Hall–Kier alpha value is -3.20. The van der Waals surface area contributed by atoms with E-state index in [9.17, 15) is 9.18 Å². The molecule has 8 nitrogen and oxygen atoms in total. The second kappa shape index (κ2) is 8.27. The van der Waals surface area contributed by atoms with E-state index >= 15 is 0 Å². The Labute approximate surface area is 177 Å². The third kappa shape index (κ3) is 3.93. The van der Waals surface area contributed by atoms with Gasteiger partial charge in [-0.3, -0.25) is 14.2 Å². The molecule has 1 unspecified atom stereocenters. The molecule has 1 amide bonds. The van der Waals surface area contributed by atoms with Crippen LogP contribution in [0.5, 0.6) is 0 Å². The number of oxime groups is 1. The van der Waals surface area contributed by atoms with Crippen molar-refractivity contribution in [3.05, 3.63) is 64.5 Å². The number of rotatable bonds is 6. The van der Waals surface area contributed by atoms with Crippen LogP contribution in [-0.2, 0) is 22.7 Å². The lowest BCUT2D eigenvalue weighted by Crippen LogP contribution is -2.28. The molecule has 0 saturated heterocycles. The quantitative estimate of drug-likeness (QED) is 0.649. The maximum atomic E-state index is 14.1. The van der Waals surface area contributed by atoms with Crippen molar-refractivity contribution in [3.63, 3.8) is 0 Å². The topological polar surface area (TPSA) is 86.3 Å². The van der Waals surface area contributed by atoms with E-state index in [1.54, 1.807) is 23.1 Å². The van der Waals surface area contributed by atoms with Crippen molar-refractivity contribution in [2.24, 2.45) is 5.16 Å². The molecule has 1 aliphatic heterocycles. The Bertz CT molecular complexity index is 1100. The van der Waals surface area contributed by atoms with Crippen LogP contribution < -0.4 is 5.32 Å². The summed E-state index contributed by atoms with van der Waals surface area (Å²) >= 11 is 6.06. The van der Waals surface area contributed by atoms with Crippen LogP contribution in [0.4, 0.5) is 10.1 Å². The lowest BCUT2D eigenvalue weighted by molar-refractivity contribution is -0.125. The molecule has 0 fully saturated rings. The molecule has 0 bridgehead atoms. The fourth-order valence-electron chi connectivity index (χ4n) is 3.31. The van der Waals surface area contributed by atoms with E-state index in [0.717, 1.165) is 17.8 Å². The fraction of sp³-hybridized carbons (Fsp3) is 0.300. The Morgan fingerprint density at radius 1 is 1.37 bits per heavy atom. The van der Waals surface area contributed by atoms with Gasteiger partial charge in [0.15, 0.2) is 0 Å². The number of nitrogens with one attached hydrogen (secondary N) is 1. The van der Waals surface area contributed by atoms with Gasteiger partial charge in [-0.1, -0.05) is 22.8 Å². The monoisotopic (exact) mass is 430 g/mol. The third-order valence-corrected chi connectivity index (χ3v) is 5.27. The van der Waals surface area contributed by atoms with Crippen LogP contribution in [-0.4, -0.2) is 37.3 Å². The predicted octanol–water partition coefficient (Wildman–Crippen LogP) is 3.38. The second-order valence-electron chi connectivity index (χ2n) is 6.92. The summed E-state index contributed by atoms with van der Waals surface area (Å²) in [6.45, 7) is 5.39. The first-order valence-corrected chi connectivity index (χ1v) is 9.85. The van der Waals surface area contributed by atoms with Gasteiger partial charge < -0.3 is 10.2 Å². The first-order valence-electron chi connectivity index (χ1n) is 9.48. The van der Waals surface area contributed by atoms with E-state index in [4.69, 9.17) is 16.4 Å². The van der Waals surface area contributed by atoms with Gasteiger partial charge in [0.05, 0.1) is 40.9 Å². The van der Waals surface area contributed by atoms with Gasteiger partial charge in [0.2, 0.25) is 6.10 Å². The minimum absolute atomic E-state index is 0.121. The summed E-state index contributed by atoms with van der Waals surface area (Å²) in [5, 5.41) is 15.4. The fourth-order valence-corrected chi connectivity index (χ4v) is 3.58. The molecule has 3 heterocycles. The number of aryl methyl sites for hydroxylation is 1. The van der Waals surface area contributed by atoms with Gasteiger partial charge in [0.1, 0.15) is 5.82 Å². The average Bonchev–Trinajstić information content (AvgIpc) is 3.44. The molecule has 10 heteroatoms. The van der Waals surface area contributed by atoms with E-state index in [1.807, 2.05) is 24.7 Å². The summed E-state index contributed by atoms with van der Waals surface area (Å²) in [6, 6.07) is 4.36. The molecule has 0 spiro atoms. The minimum Gasteiger partial charge on any atom is -0.382 e. The van der Waals surface area contributed by atoms with Gasteiger partial charge in [-0.25, -0.2) is 4.39 Å². The number of carbonyl (C=O) groups excluding carboxylic acids is 1. The van der Waals surface area contributed by atoms with E-state index in [2.05, 4.69) is 20.7 Å². The smallest absolute Gasteiger partial charge is 0.268 e. The van der Waals surface area contributed by atoms with Crippen LogP contribution in [0.25, 0.3) is 0 Å². The zero-order chi connectivity index (χ0) is 21.3. The van der Waals surface area contributed by atoms with Crippen LogP contribution in [0.3, 0.4) is 0 Å². The van der Waals surface area contributed by atoms with Gasteiger partial charge in [-0.05, 0) is 26.0 Å². The van der Waals surface area contributed by atoms with Gasteiger partial charge in [0, 0.05) is 30.4 Å². The number of anilines is 1. The molecule has 1 atom stereocenters. The van der Waals surface area contributed by atoms with Crippen molar-refractivity contribution in [1.29, 1.82) is 0 Å². The van der Waals surface area contributed by atoms with Gasteiger partial charge in [-0.2, -0.15) is 10.2 Å². The number of benzene rings is 1. The number of carbonyl (C=O) groups is 1. The van der Waals surface area contributed by atoms with Crippen LogP contribution in [0.15, 0.2) is 41.9 Å². The summed E-state index contributed by atoms with van der Waals surface area (Å²) in [6.07, 6.45) is 4.35. The molecular formula is C20H20ClFN6O2. The molecule has 1 aromatic carbocycles. The van der Waals surface area contributed by atoms with Crippen molar-refractivity contribution in [1.82, 2.24) is 19.6 Å². The highest BCUT2D eigenvalue weighted by Crippen LogP contribution is 2.26. The highest BCUT2D eigenvalue weighted by atomic mass is 35.5. The summed E-state index contributed by atoms with van der Waals surface area (Å²) in [4.78, 5) is 17.7. The van der Waals surface area contributed by atoms with E-state index in [0.29, 0.717) is 17.9 Å². The molecule has 30 heavy (non-hydrogen) atoms. The maximum absolute atomic E-state index is 14.1. The first-order chi connectivity index (χ1) is 14.5. The number of amides is 1. The van der Waals surface area contributed by atoms with Crippen molar-refractivity contribution < 1.29 is 14.0 Å². The number of hydrogen-bond donors (Lipinski definition) is 1. The second-order valence-corrected chi connectivity index (χ2v) is 7.33. The predicted molar refractivity (Wildman–Crippen MR) is 110 cm³/mol. The van der Waals surface area contributed by atoms with Crippen LogP contribution >= 0.6 is 11.6 Å². The average molecular weight is 431 g/mol. The first kappa shape index (κ1) is 20.1. The number of nitrogens with zero attached hydrogens (tertiary/aromatic N) is 5.